The molecule has 1 N–H and O–H groups in total. The molecule has 0 unspecified atom stereocenters. The predicted octanol–water partition coefficient (Wildman–Crippen LogP) is 4.03. The van der Waals surface area contributed by atoms with Gasteiger partial charge in [0.15, 0.2) is 0 Å². The van der Waals surface area contributed by atoms with E-state index in [1.807, 2.05) is 31.2 Å². The Bertz CT molecular complexity index is 810. The van der Waals surface area contributed by atoms with Crippen LogP contribution in [0.25, 0.3) is 10.8 Å². The Morgan fingerprint density at radius 3 is 2.57 bits per heavy atom. The van der Waals surface area contributed by atoms with Crippen LogP contribution < -0.4 is 4.74 Å². The van der Waals surface area contributed by atoms with Crippen molar-refractivity contribution in [2.45, 2.75) is 6.92 Å². The number of nitrogens with zero attached hydrogens (tertiary/aromatic N) is 1. The number of fused-ring (bicyclic) bond motifs is 1. The molecule has 0 atom stereocenters. The second-order valence-corrected chi connectivity index (χ2v) is 4.77. The standard InChI is InChI=1S/C17H13NO3/c1-11-2-3-12-8-9-18-16(15(12)10-11)21-14-6-4-13(5-7-14)17(19)20/h2-10H,1H3,(H,19,20). The first-order valence-corrected chi connectivity index (χ1v) is 6.50. The molecule has 0 aliphatic carbocycles. The van der Waals surface area contributed by atoms with Crippen LogP contribution in [0.15, 0.2) is 54.7 Å². The number of pyridine rings is 1. The molecule has 21 heavy (non-hydrogen) atoms. The highest BCUT2D eigenvalue weighted by Crippen LogP contribution is 2.28. The molecule has 4 heteroatoms. The van der Waals surface area contributed by atoms with Gasteiger partial charge in [0.1, 0.15) is 5.75 Å². The van der Waals surface area contributed by atoms with Gasteiger partial charge in [-0.2, -0.15) is 0 Å². The van der Waals surface area contributed by atoms with Crippen molar-refractivity contribution in [3.63, 3.8) is 0 Å². The highest BCUT2D eigenvalue weighted by Gasteiger charge is 2.07. The van der Waals surface area contributed by atoms with Gasteiger partial charge in [0.25, 0.3) is 0 Å². The molecule has 0 aliphatic heterocycles. The third-order valence-corrected chi connectivity index (χ3v) is 3.20. The minimum absolute atomic E-state index is 0.226. The molecule has 1 aromatic heterocycles. The lowest BCUT2D eigenvalue weighted by Gasteiger charge is -2.08. The van der Waals surface area contributed by atoms with Gasteiger partial charge in [0.05, 0.1) is 5.56 Å². The average Bonchev–Trinajstić information content (AvgIpc) is 2.48. The summed E-state index contributed by atoms with van der Waals surface area (Å²) in [5.41, 5.74) is 1.35. The minimum Gasteiger partial charge on any atom is -0.478 e. The van der Waals surface area contributed by atoms with Crippen molar-refractivity contribution in [2.75, 3.05) is 0 Å². The van der Waals surface area contributed by atoms with Gasteiger partial charge in [0.2, 0.25) is 5.88 Å². The van der Waals surface area contributed by atoms with Gasteiger partial charge in [-0.3, -0.25) is 0 Å². The van der Waals surface area contributed by atoms with E-state index in [0.717, 1.165) is 16.3 Å². The number of aromatic nitrogens is 1. The number of aryl methyl sites for hydroxylation is 1. The van der Waals surface area contributed by atoms with Crippen molar-refractivity contribution in [2.24, 2.45) is 0 Å². The second-order valence-electron chi connectivity index (χ2n) is 4.77. The van der Waals surface area contributed by atoms with Crippen molar-refractivity contribution in [3.05, 3.63) is 65.9 Å². The number of hydrogen-bond donors (Lipinski definition) is 1. The number of hydrogen-bond acceptors (Lipinski definition) is 3. The summed E-state index contributed by atoms with van der Waals surface area (Å²) < 4.78 is 5.78. The maximum atomic E-state index is 10.8. The number of carboxylic acids is 1. The van der Waals surface area contributed by atoms with Gasteiger partial charge in [-0.05, 0) is 48.7 Å². The molecule has 1 heterocycles. The van der Waals surface area contributed by atoms with E-state index in [9.17, 15) is 4.79 Å². The van der Waals surface area contributed by atoms with Crippen molar-refractivity contribution < 1.29 is 14.6 Å². The quantitative estimate of drug-likeness (QED) is 0.786. The van der Waals surface area contributed by atoms with E-state index in [4.69, 9.17) is 9.84 Å². The Balaban J connectivity index is 1.97. The monoisotopic (exact) mass is 279 g/mol. The lowest BCUT2D eigenvalue weighted by molar-refractivity contribution is 0.0697. The van der Waals surface area contributed by atoms with E-state index in [-0.39, 0.29) is 5.56 Å². The molecule has 3 aromatic rings. The van der Waals surface area contributed by atoms with Crippen LogP contribution in [0.2, 0.25) is 0 Å². The minimum atomic E-state index is -0.958. The van der Waals surface area contributed by atoms with Crippen molar-refractivity contribution >= 4 is 16.7 Å². The first-order chi connectivity index (χ1) is 10.1. The van der Waals surface area contributed by atoms with Gasteiger partial charge in [-0.25, -0.2) is 9.78 Å². The van der Waals surface area contributed by atoms with Crippen molar-refractivity contribution in [1.29, 1.82) is 0 Å². The molecule has 104 valence electrons. The zero-order chi connectivity index (χ0) is 14.8. The van der Waals surface area contributed by atoms with Crippen LogP contribution in [-0.2, 0) is 0 Å². The maximum Gasteiger partial charge on any atom is 0.335 e. The van der Waals surface area contributed by atoms with E-state index in [1.165, 1.54) is 12.1 Å². The summed E-state index contributed by atoms with van der Waals surface area (Å²) in [5.74, 6) is 0.112. The number of carbonyl (C=O) groups is 1. The van der Waals surface area contributed by atoms with E-state index >= 15 is 0 Å². The van der Waals surface area contributed by atoms with Gasteiger partial charge >= 0.3 is 5.97 Å². The molecule has 0 spiro atoms. The zero-order valence-electron chi connectivity index (χ0n) is 11.4. The topological polar surface area (TPSA) is 59.4 Å². The van der Waals surface area contributed by atoms with Crippen molar-refractivity contribution in [3.8, 4) is 11.6 Å². The van der Waals surface area contributed by atoms with Crippen molar-refractivity contribution in [1.82, 2.24) is 4.98 Å². The van der Waals surface area contributed by atoms with Crippen LogP contribution in [0.3, 0.4) is 0 Å². The summed E-state index contributed by atoms with van der Waals surface area (Å²) in [7, 11) is 0. The molecule has 3 rings (SSSR count). The molecule has 0 saturated carbocycles. The largest absolute Gasteiger partial charge is 0.478 e. The van der Waals surface area contributed by atoms with Crippen LogP contribution in [0, 0.1) is 6.92 Å². The van der Waals surface area contributed by atoms with Crippen LogP contribution in [0.4, 0.5) is 0 Å². The van der Waals surface area contributed by atoms with Crippen LogP contribution >= 0.6 is 0 Å². The molecule has 0 radical (unpaired) electrons. The molecule has 0 saturated heterocycles. The number of ether oxygens (including phenoxy) is 1. The Kier molecular flexibility index (Phi) is 3.28. The Labute approximate surface area is 121 Å². The van der Waals surface area contributed by atoms with E-state index in [0.29, 0.717) is 11.6 Å². The number of benzene rings is 2. The predicted molar refractivity (Wildman–Crippen MR) is 80.0 cm³/mol. The Hall–Kier alpha value is -2.88. The van der Waals surface area contributed by atoms with Crippen LogP contribution in [0.5, 0.6) is 11.6 Å². The Morgan fingerprint density at radius 2 is 1.86 bits per heavy atom. The fraction of sp³-hybridized carbons (Fsp3) is 0.0588. The summed E-state index contributed by atoms with van der Waals surface area (Å²) in [6, 6.07) is 14.3. The summed E-state index contributed by atoms with van der Waals surface area (Å²) in [6.45, 7) is 2.01. The first kappa shape index (κ1) is 13.1. The maximum absolute atomic E-state index is 10.8. The first-order valence-electron chi connectivity index (χ1n) is 6.50. The van der Waals surface area contributed by atoms with E-state index < -0.39 is 5.97 Å². The van der Waals surface area contributed by atoms with Gasteiger partial charge < -0.3 is 9.84 Å². The highest BCUT2D eigenvalue weighted by atomic mass is 16.5. The molecule has 2 aromatic carbocycles. The lowest BCUT2D eigenvalue weighted by Crippen LogP contribution is -1.95. The SMILES string of the molecule is Cc1ccc2ccnc(Oc3ccc(C(=O)O)cc3)c2c1. The van der Waals surface area contributed by atoms with Crippen LogP contribution in [-0.4, -0.2) is 16.1 Å². The van der Waals surface area contributed by atoms with E-state index in [1.54, 1.807) is 18.3 Å². The number of aromatic carboxylic acids is 1. The molecule has 0 amide bonds. The fourth-order valence-corrected chi connectivity index (χ4v) is 2.11. The third kappa shape index (κ3) is 2.69. The summed E-state index contributed by atoms with van der Waals surface area (Å²) >= 11 is 0. The smallest absolute Gasteiger partial charge is 0.335 e. The molecule has 4 nitrogen and oxygen atoms in total. The van der Waals surface area contributed by atoms with Gasteiger partial charge in [-0.1, -0.05) is 17.7 Å². The average molecular weight is 279 g/mol. The Morgan fingerprint density at radius 1 is 1.10 bits per heavy atom. The number of rotatable bonds is 3. The lowest BCUT2D eigenvalue weighted by atomic mass is 10.1. The summed E-state index contributed by atoms with van der Waals surface area (Å²) in [5, 5.41) is 10.9. The molecule has 0 aliphatic rings. The summed E-state index contributed by atoms with van der Waals surface area (Å²) in [4.78, 5) is 15.1. The molecule has 0 bridgehead atoms. The van der Waals surface area contributed by atoms with E-state index in [2.05, 4.69) is 4.98 Å². The van der Waals surface area contributed by atoms with Gasteiger partial charge in [0, 0.05) is 11.6 Å². The van der Waals surface area contributed by atoms with Crippen LogP contribution in [0.1, 0.15) is 15.9 Å². The summed E-state index contributed by atoms with van der Waals surface area (Å²) in [6.07, 6.45) is 1.69. The fourth-order valence-electron chi connectivity index (χ4n) is 2.11. The number of carboxylic acid groups (broad SMARTS) is 1. The third-order valence-electron chi connectivity index (χ3n) is 3.20. The molecule has 0 fully saturated rings. The normalized spacial score (nSPS) is 10.5. The second kappa shape index (κ2) is 5.25. The zero-order valence-corrected chi connectivity index (χ0v) is 11.4. The molecular formula is C17H13NO3. The van der Waals surface area contributed by atoms with Gasteiger partial charge in [-0.15, -0.1) is 0 Å². The highest BCUT2D eigenvalue weighted by molar-refractivity contribution is 5.88. The molecular weight excluding hydrogens is 266 g/mol.